The summed E-state index contributed by atoms with van der Waals surface area (Å²) in [5.74, 6) is -0.541. The summed E-state index contributed by atoms with van der Waals surface area (Å²) in [5.41, 5.74) is 7.89. The van der Waals surface area contributed by atoms with Gasteiger partial charge in [0.25, 0.3) is 5.91 Å². The van der Waals surface area contributed by atoms with E-state index in [4.69, 9.17) is 0 Å². The van der Waals surface area contributed by atoms with E-state index in [-0.39, 0.29) is 17.3 Å². The molecule has 0 saturated carbocycles. The van der Waals surface area contributed by atoms with Crippen LogP contribution in [0.4, 0.5) is 23.0 Å². The van der Waals surface area contributed by atoms with Gasteiger partial charge in [-0.05, 0) is 49.6 Å². The van der Waals surface area contributed by atoms with E-state index in [1.165, 1.54) is 11.9 Å². The van der Waals surface area contributed by atoms with Crippen LogP contribution in [-0.2, 0) is 6.42 Å². The van der Waals surface area contributed by atoms with Gasteiger partial charge in [0.05, 0.1) is 4.92 Å². The standard InChI is InChI=1S/C22H24N6O3/c1-3-4-5-16-8-12-18(13-9-16)25-20-19(28(30)31)21(24-14-23-20)26-27-22(29)17-10-6-15(2)7-11-17/h6-14H,3-5H2,1-2H3,(H,27,29)(H2,23,24,25,26). The molecule has 9 nitrogen and oxygen atoms in total. The SMILES string of the molecule is CCCCc1ccc(Nc2ncnc(NNC(=O)c3ccc(C)cc3)c2[N+](=O)[O-])cc1. The quantitative estimate of drug-likeness (QED) is 0.343. The van der Waals surface area contributed by atoms with Crippen molar-refractivity contribution in [3.8, 4) is 0 Å². The molecule has 1 amide bonds. The number of aromatic nitrogens is 2. The third-order valence-electron chi connectivity index (χ3n) is 4.65. The number of benzene rings is 2. The fourth-order valence-electron chi connectivity index (χ4n) is 2.90. The number of amides is 1. The number of anilines is 3. The van der Waals surface area contributed by atoms with E-state index in [0.717, 1.165) is 24.8 Å². The lowest BCUT2D eigenvalue weighted by Crippen LogP contribution is -2.30. The lowest BCUT2D eigenvalue weighted by Gasteiger charge is -2.11. The van der Waals surface area contributed by atoms with Crippen LogP contribution in [0, 0.1) is 17.0 Å². The van der Waals surface area contributed by atoms with Gasteiger partial charge in [-0.2, -0.15) is 0 Å². The lowest BCUT2D eigenvalue weighted by atomic mass is 10.1. The Balaban J connectivity index is 1.75. The number of nitrogens with one attached hydrogen (secondary N) is 3. The maximum atomic E-state index is 12.3. The third-order valence-corrected chi connectivity index (χ3v) is 4.65. The average molecular weight is 420 g/mol. The van der Waals surface area contributed by atoms with Gasteiger partial charge in [-0.3, -0.25) is 25.8 Å². The van der Waals surface area contributed by atoms with E-state index in [1.807, 2.05) is 31.2 Å². The van der Waals surface area contributed by atoms with Crippen LogP contribution in [0.15, 0.2) is 54.9 Å². The molecule has 0 saturated heterocycles. The number of carbonyl (C=O) groups is 1. The van der Waals surface area contributed by atoms with Crippen LogP contribution in [0.1, 0.15) is 41.3 Å². The number of nitro groups is 1. The molecule has 2 aromatic carbocycles. The van der Waals surface area contributed by atoms with Gasteiger partial charge in [-0.15, -0.1) is 0 Å². The summed E-state index contributed by atoms with van der Waals surface area (Å²) in [4.78, 5) is 31.3. The van der Waals surface area contributed by atoms with Crippen LogP contribution >= 0.6 is 0 Å². The van der Waals surface area contributed by atoms with Gasteiger partial charge >= 0.3 is 5.69 Å². The summed E-state index contributed by atoms with van der Waals surface area (Å²) in [5, 5.41) is 14.6. The summed E-state index contributed by atoms with van der Waals surface area (Å²) in [7, 11) is 0. The number of hydrogen-bond acceptors (Lipinski definition) is 7. The highest BCUT2D eigenvalue weighted by Crippen LogP contribution is 2.30. The molecule has 1 heterocycles. The summed E-state index contributed by atoms with van der Waals surface area (Å²) in [6, 6.07) is 14.6. The molecule has 0 aliphatic heterocycles. The first-order chi connectivity index (χ1) is 15.0. The second-order valence-corrected chi connectivity index (χ2v) is 7.05. The molecule has 0 atom stereocenters. The largest absolute Gasteiger partial charge is 0.355 e. The molecule has 0 spiro atoms. The number of rotatable bonds is 9. The van der Waals surface area contributed by atoms with Gasteiger partial charge in [-0.1, -0.05) is 43.2 Å². The molecule has 0 bridgehead atoms. The Morgan fingerprint density at radius 1 is 1.03 bits per heavy atom. The monoisotopic (exact) mass is 420 g/mol. The van der Waals surface area contributed by atoms with Gasteiger partial charge < -0.3 is 5.32 Å². The van der Waals surface area contributed by atoms with Gasteiger partial charge in [0.15, 0.2) is 0 Å². The Morgan fingerprint density at radius 2 is 1.71 bits per heavy atom. The molecule has 31 heavy (non-hydrogen) atoms. The highest BCUT2D eigenvalue weighted by Gasteiger charge is 2.23. The van der Waals surface area contributed by atoms with Crippen molar-refractivity contribution in [3.63, 3.8) is 0 Å². The summed E-state index contributed by atoms with van der Waals surface area (Å²) in [6.07, 6.45) is 4.39. The normalized spacial score (nSPS) is 10.4. The lowest BCUT2D eigenvalue weighted by molar-refractivity contribution is -0.383. The molecular weight excluding hydrogens is 396 g/mol. The van der Waals surface area contributed by atoms with Crippen molar-refractivity contribution in [2.45, 2.75) is 33.1 Å². The number of hydrazine groups is 1. The summed E-state index contributed by atoms with van der Waals surface area (Å²) < 4.78 is 0. The molecule has 3 N–H and O–H groups in total. The zero-order valence-electron chi connectivity index (χ0n) is 17.4. The minimum absolute atomic E-state index is 0.0217. The number of nitrogens with zero attached hydrogens (tertiary/aromatic N) is 3. The molecule has 0 unspecified atom stereocenters. The van der Waals surface area contributed by atoms with Crippen LogP contribution in [0.2, 0.25) is 0 Å². The Kier molecular flexibility index (Phi) is 7.10. The molecule has 9 heteroatoms. The topological polar surface area (TPSA) is 122 Å². The van der Waals surface area contributed by atoms with Crippen molar-refractivity contribution in [3.05, 3.63) is 81.7 Å². The highest BCUT2D eigenvalue weighted by atomic mass is 16.6. The smallest absolute Gasteiger partial charge is 0.334 e. The zero-order valence-corrected chi connectivity index (χ0v) is 17.4. The van der Waals surface area contributed by atoms with Crippen LogP contribution < -0.4 is 16.2 Å². The van der Waals surface area contributed by atoms with Gasteiger partial charge in [0.1, 0.15) is 6.33 Å². The molecule has 0 fully saturated rings. The van der Waals surface area contributed by atoms with Crippen LogP contribution in [0.3, 0.4) is 0 Å². The predicted molar refractivity (Wildman–Crippen MR) is 119 cm³/mol. The fraction of sp³-hybridized carbons (Fsp3) is 0.227. The Morgan fingerprint density at radius 3 is 2.35 bits per heavy atom. The molecular formula is C22H24N6O3. The van der Waals surface area contributed by atoms with E-state index in [1.54, 1.807) is 24.3 Å². The molecule has 0 radical (unpaired) electrons. The minimum Gasteiger partial charge on any atom is -0.334 e. The van der Waals surface area contributed by atoms with Crippen molar-refractivity contribution in [1.29, 1.82) is 0 Å². The highest BCUT2D eigenvalue weighted by molar-refractivity contribution is 5.95. The fourth-order valence-corrected chi connectivity index (χ4v) is 2.90. The second kappa shape index (κ2) is 10.1. The number of hydrogen-bond donors (Lipinski definition) is 3. The Labute approximate surface area is 180 Å². The van der Waals surface area contributed by atoms with Gasteiger partial charge in [-0.25, -0.2) is 9.97 Å². The predicted octanol–water partition coefficient (Wildman–Crippen LogP) is 4.54. The van der Waals surface area contributed by atoms with Gasteiger partial charge in [0.2, 0.25) is 11.6 Å². The first-order valence-corrected chi connectivity index (χ1v) is 9.96. The van der Waals surface area contributed by atoms with E-state index in [9.17, 15) is 14.9 Å². The van der Waals surface area contributed by atoms with Crippen molar-refractivity contribution < 1.29 is 9.72 Å². The number of unbranched alkanes of at least 4 members (excludes halogenated alkanes) is 1. The van der Waals surface area contributed by atoms with Crippen LogP contribution in [0.25, 0.3) is 0 Å². The van der Waals surface area contributed by atoms with Crippen molar-refractivity contribution in [1.82, 2.24) is 15.4 Å². The summed E-state index contributed by atoms with van der Waals surface area (Å²) in [6.45, 7) is 4.05. The summed E-state index contributed by atoms with van der Waals surface area (Å²) >= 11 is 0. The van der Waals surface area contributed by atoms with Gasteiger partial charge in [0, 0.05) is 11.3 Å². The number of aryl methyl sites for hydroxylation is 2. The Bertz CT molecular complexity index is 1050. The molecule has 160 valence electrons. The number of carbonyl (C=O) groups excluding carboxylic acids is 1. The van der Waals surface area contributed by atoms with E-state index < -0.39 is 10.8 Å². The average Bonchev–Trinajstić information content (AvgIpc) is 2.77. The second-order valence-electron chi connectivity index (χ2n) is 7.05. The van der Waals surface area contributed by atoms with Crippen molar-refractivity contribution in [2.24, 2.45) is 0 Å². The maximum Gasteiger partial charge on any atom is 0.355 e. The first-order valence-electron chi connectivity index (χ1n) is 9.96. The molecule has 1 aromatic heterocycles. The maximum absolute atomic E-state index is 12.3. The van der Waals surface area contributed by atoms with Crippen molar-refractivity contribution >= 4 is 28.9 Å². The minimum atomic E-state index is -0.599. The van der Waals surface area contributed by atoms with Crippen LogP contribution in [-0.4, -0.2) is 20.8 Å². The molecule has 3 rings (SSSR count). The van der Waals surface area contributed by atoms with E-state index in [0.29, 0.717) is 11.3 Å². The Hall–Kier alpha value is -4.01. The molecule has 0 aliphatic rings. The van der Waals surface area contributed by atoms with E-state index >= 15 is 0 Å². The van der Waals surface area contributed by atoms with E-state index in [2.05, 4.69) is 33.1 Å². The molecule has 3 aromatic rings. The van der Waals surface area contributed by atoms with Crippen molar-refractivity contribution in [2.75, 3.05) is 10.7 Å². The van der Waals surface area contributed by atoms with Crippen LogP contribution in [0.5, 0.6) is 0 Å². The zero-order chi connectivity index (χ0) is 22.2. The first kappa shape index (κ1) is 21.7. The molecule has 0 aliphatic carbocycles. The third kappa shape index (κ3) is 5.75.